The van der Waals surface area contributed by atoms with Gasteiger partial charge in [-0.25, -0.2) is 0 Å². The molecular weight excluding hydrogens is 302 g/mol. The average molecular weight is 315 g/mol. The Balaban J connectivity index is 1.70. The van der Waals surface area contributed by atoms with Gasteiger partial charge < -0.3 is 25.8 Å². The lowest BCUT2D eigenvalue weighted by Crippen LogP contribution is -2.18. The smallest absolute Gasteiger partial charge is 0.255 e. The minimum absolute atomic E-state index is 0.178. The molecule has 0 atom stereocenters. The standard InChI is InChI=1S/C15H13N3O3S/c16-15(22)18-11-4-2-10(3-5-11)17-14(19)9-1-6-12-13(7-9)21-8-20-12/h1-7H,8H2,(H,17,19)(H3,16,18,22). The van der Waals surface area contributed by atoms with E-state index in [4.69, 9.17) is 27.4 Å². The van der Waals surface area contributed by atoms with Crippen molar-refractivity contribution in [2.24, 2.45) is 5.73 Å². The third kappa shape index (κ3) is 3.09. The summed E-state index contributed by atoms with van der Waals surface area (Å²) < 4.78 is 10.5. The van der Waals surface area contributed by atoms with Gasteiger partial charge >= 0.3 is 0 Å². The number of benzene rings is 2. The molecule has 1 amide bonds. The van der Waals surface area contributed by atoms with Crippen molar-refractivity contribution in [3.8, 4) is 11.5 Å². The van der Waals surface area contributed by atoms with Gasteiger partial charge in [0.25, 0.3) is 5.91 Å². The maximum absolute atomic E-state index is 12.2. The maximum Gasteiger partial charge on any atom is 0.255 e. The molecular formula is C15H13N3O3S. The van der Waals surface area contributed by atoms with Gasteiger partial charge in [-0.15, -0.1) is 0 Å². The number of nitrogens with two attached hydrogens (primary N) is 1. The summed E-state index contributed by atoms with van der Waals surface area (Å²) in [6.07, 6.45) is 0. The van der Waals surface area contributed by atoms with E-state index in [1.54, 1.807) is 42.5 Å². The van der Waals surface area contributed by atoms with Crippen LogP contribution < -0.4 is 25.8 Å². The van der Waals surface area contributed by atoms with Crippen LogP contribution in [0.1, 0.15) is 10.4 Å². The molecule has 0 radical (unpaired) electrons. The zero-order chi connectivity index (χ0) is 15.5. The van der Waals surface area contributed by atoms with Crippen LogP contribution in [-0.4, -0.2) is 17.8 Å². The van der Waals surface area contributed by atoms with Crippen molar-refractivity contribution in [1.82, 2.24) is 0 Å². The zero-order valence-electron chi connectivity index (χ0n) is 11.5. The highest BCUT2D eigenvalue weighted by Crippen LogP contribution is 2.32. The molecule has 0 aliphatic carbocycles. The number of amides is 1. The van der Waals surface area contributed by atoms with Crippen molar-refractivity contribution in [2.75, 3.05) is 17.4 Å². The number of thiocarbonyl (C=S) groups is 1. The van der Waals surface area contributed by atoms with Crippen LogP contribution in [0.3, 0.4) is 0 Å². The van der Waals surface area contributed by atoms with Crippen molar-refractivity contribution in [2.45, 2.75) is 0 Å². The van der Waals surface area contributed by atoms with Crippen LogP contribution in [0.5, 0.6) is 11.5 Å². The Morgan fingerprint density at radius 1 is 1.00 bits per heavy atom. The first kappa shape index (κ1) is 14.2. The van der Waals surface area contributed by atoms with E-state index in [-0.39, 0.29) is 17.8 Å². The summed E-state index contributed by atoms with van der Waals surface area (Å²) in [6, 6.07) is 12.1. The van der Waals surface area contributed by atoms with Gasteiger partial charge in [0, 0.05) is 16.9 Å². The monoisotopic (exact) mass is 315 g/mol. The molecule has 1 heterocycles. The summed E-state index contributed by atoms with van der Waals surface area (Å²) in [4.78, 5) is 12.2. The van der Waals surface area contributed by atoms with E-state index in [0.717, 1.165) is 5.69 Å². The molecule has 2 aromatic carbocycles. The first-order valence-corrected chi connectivity index (χ1v) is 6.90. The van der Waals surface area contributed by atoms with Crippen LogP contribution in [0, 0.1) is 0 Å². The number of fused-ring (bicyclic) bond motifs is 1. The lowest BCUT2D eigenvalue weighted by Gasteiger charge is -2.08. The van der Waals surface area contributed by atoms with Crippen molar-refractivity contribution >= 4 is 34.6 Å². The normalized spacial score (nSPS) is 11.8. The molecule has 112 valence electrons. The van der Waals surface area contributed by atoms with Gasteiger partial charge in [-0.1, -0.05) is 0 Å². The Bertz CT molecular complexity index is 731. The molecule has 3 rings (SSSR count). The van der Waals surface area contributed by atoms with Crippen LogP contribution in [0.25, 0.3) is 0 Å². The largest absolute Gasteiger partial charge is 0.454 e. The summed E-state index contributed by atoms with van der Waals surface area (Å²) >= 11 is 4.76. The van der Waals surface area contributed by atoms with Crippen LogP contribution in [-0.2, 0) is 0 Å². The summed E-state index contributed by atoms with van der Waals surface area (Å²) in [5.74, 6) is 0.988. The Labute approximate surface area is 132 Å². The van der Waals surface area contributed by atoms with Crippen LogP contribution in [0.15, 0.2) is 42.5 Å². The quantitative estimate of drug-likeness (QED) is 0.754. The predicted octanol–water partition coefficient (Wildman–Crippen LogP) is 2.32. The second-order valence-electron chi connectivity index (χ2n) is 4.59. The molecule has 6 nitrogen and oxygen atoms in total. The minimum Gasteiger partial charge on any atom is -0.454 e. The summed E-state index contributed by atoms with van der Waals surface area (Å²) in [5, 5.41) is 5.81. The molecule has 7 heteroatoms. The van der Waals surface area contributed by atoms with Gasteiger partial charge in [0.05, 0.1) is 0 Å². The van der Waals surface area contributed by atoms with Gasteiger partial charge in [0.1, 0.15) is 0 Å². The highest BCUT2D eigenvalue weighted by molar-refractivity contribution is 7.80. The van der Waals surface area contributed by atoms with Gasteiger partial charge in [0.15, 0.2) is 16.6 Å². The third-order valence-electron chi connectivity index (χ3n) is 3.05. The number of ether oxygens (including phenoxy) is 2. The first-order chi connectivity index (χ1) is 10.6. The fraction of sp³-hybridized carbons (Fsp3) is 0.0667. The fourth-order valence-electron chi connectivity index (χ4n) is 2.02. The van der Waals surface area contributed by atoms with Gasteiger partial charge in [0.2, 0.25) is 6.79 Å². The van der Waals surface area contributed by atoms with Gasteiger partial charge in [-0.2, -0.15) is 0 Å². The molecule has 4 N–H and O–H groups in total. The van der Waals surface area contributed by atoms with E-state index in [1.165, 1.54) is 0 Å². The highest BCUT2D eigenvalue weighted by Gasteiger charge is 2.16. The first-order valence-electron chi connectivity index (χ1n) is 6.49. The summed E-state index contributed by atoms with van der Waals surface area (Å²) in [7, 11) is 0. The molecule has 0 bridgehead atoms. The number of carbonyl (C=O) groups excluding carboxylic acids is 1. The molecule has 1 aliphatic rings. The van der Waals surface area contributed by atoms with E-state index in [2.05, 4.69) is 10.6 Å². The molecule has 0 unspecified atom stereocenters. The van der Waals surface area contributed by atoms with Crippen molar-refractivity contribution < 1.29 is 14.3 Å². The van der Waals surface area contributed by atoms with Crippen molar-refractivity contribution in [3.63, 3.8) is 0 Å². The molecule has 0 saturated carbocycles. The summed E-state index contributed by atoms with van der Waals surface area (Å²) in [5.41, 5.74) is 7.31. The second-order valence-corrected chi connectivity index (χ2v) is 5.03. The van der Waals surface area contributed by atoms with E-state index >= 15 is 0 Å². The Morgan fingerprint density at radius 3 is 2.32 bits per heavy atom. The maximum atomic E-state index is 12.2. The average Bonchev–Trinajstić information content (AvgIpc) is 2.96. The number of carbonyl (C=O) groups is 1. The second kappa shape index (κ2) is 5.90. The van der Waals surface area contributed by atoms with Crippen molar-refractivity contribution in [1.29, 1.82) is 0 Å². The molecule has 0 fully saturated rings. The van der Waals surface area contributed by atoms with E-state index in [9.17, 15) is 4.79 Å². The number of hydrogen-bond donors (Lipinski definition) is 3. The number of anilines is 2. The van der Waals surface area contributed by atoms with Crippen LogP contribution in [0.2, 0.25) is 0 Å². The Morgan fingerprint density at radius 2 is 1.64 bits per heavy atom. The third-order valence-corrected chi connectivity index (χ3v) is 3.15. The Hall–Kier alpha value is -2.80. The van der Waals surface area contributed by atoms with Crippen LogP contribution >= 0.6 is 12.2 Å². The number of rotatable bonds is 3. The molecule has 0 saturated heterocycles. The molecule has 0 aromatic heterocycles. The van der Waals surface area contributed by atoms with Crippen molar-refractivity contribution in [3.05, 3.63) is 48.0 Å². The molecule has 22 heavy (non-hydrogen) atoms. The predicted molar refractivity (Wildman–Crippen MR) is 87.4 cm³/mol. The SMILES string of the molecule is NC(=S)Nc1ccc(NC(=O)c2ccc3c(c2)OCO3)cc1. The lowest BCUT2D eigenvalue weighted by molar-refractivity contribution is 0.102. The lowest BCUT2D eigenvalue weighted by atomic mass is 10.2. The van der Waals surface area contributed by atoms with Gasteiger partial charge in [-0.05, 0) is 54.7 Å². The molecule has 1 aliphatic heterocycles. The zero-order valence-corrected chi connectivity index (χ0v) is 12.3. The fourth-order valence-corrected chi connectivity index (χ4v) is 2.14. The highest BCUT2D eigenvalue weighted by atomic mass is 32.1. The summed E-state index contributed by atoms with van der Waals surface area (Å²) in [6.45, 7) is 0.178. The van der Waals surface area contributed by atoms with E-state index in [0.29, 0.717) is 22.7 Å². The molecule has 2 aromatic rings. The van der Waals surface area contributed by atoms with E-state index < -0.39 is 0 Å². The number of nitrogens with one attached hydrogen (secondary N) is 2. The van der Waals surface area contributed by atoms with E-state index in [1.807, 2.05) is 0 Å². The Kier molecular flexibility index (Phi) is 3.80. The number of hydrogen-bond acceptors (Lipinski definition) is 4. The minimum atomic E-state index is -0.228. The topological polar surface area (TPSA) is 85.6 Å². The van der Waals surface area contributed by atoms with Gasteiger partial charge in [-0.3, -0.25) is 4.79 Å². The van der Waals surface area contributed by atoms with Crippen LogP contribution in [0.4, 0.5) is 11.4 Å². The molecule has 0 spiro atoms.